The minimum absolute atomic E-state index is 0.191. The Morgan fingerprint density at radius 1 is 1.11 bits per heavy atom. The maximum Gasteiger partial charge on any atom is 0.271 e. The van der Waals surface area contributed by atoms with Gasteiger partial charge < -0.3 is 14.6 Å². The summed E-state index contributed by atoms with van der Waals surface area (Å²) in [6, 6.07) is 10.4. The molecule has 142 valence electrons. The second-order valence-electron chi connectivity index (χ2n) is 6.54. The molecule has 1 aliphatic rings. The van der Waals surface area contributed by atoms with Crippen molar-refractivity contribution in [3.05, 3.63) is 47.7 Å². The number of hydrogen-bond acceptors (Lipinski definition) is 5. The molecule has 2 N–H and O–H groups in total. The number of nitrogens with zero attached hydrogens (tertiary/aromatic N) is 2. The summed E-state index contributed by atoms with van der Waals surface area (Å²) in [6.45, 7) is 3.43. The van der Waals surface area contributed by atoms with Gasteiger partial charge in [0, 0.05) is 37.3 Å². The Labute approximate surface area is 158 Å². The van der Waals surface area contributed by atoms with E-state index < -0.39 is 0 Å². The third kappa shape index (κ3) is 5.44. The van der Waals surface area contributed by atoms with Gasteiger partial charge >= 0.3 is 0 Å². The molecule has 27 heavy (non-hydrogen) atoms. The van der Waals surface area contributed by atoms with Crippen LogP contribution in [0.15, 0.2) is 45.9 Å². The Hall–Kier alpha value is -3.09. The lowest BCUT2D eigenvalue weighted by Crippen LogP contribution is -2.23. The summed E-state index contributed by atoms with van der Waals surface area (Å²) >= 11 is 0. The van der Waals surface area contributed by atoms with Crippen LogP contribution in [0.4, 0.5) is 11.6 Å². The topological polar surface area (TPSA) is 86.9 Å². The van der Waals surface area contributed by atoms with Gasteiger partial charge in [0.1, 0.15) is 5.76 Å². The number of furan rings is 1. The molecule has 0 aliphatic carbocycles. The molecule has 1 aromatic carbocycles. The van der Waals surface area contributed by atoms with Crippen LogP contribution >= 0.6 is 0 Å². The third-order valence-electron chi connectivity index (χ3n) is 4.33. The largest absolute Gasteiger partial charge is 0.440 e. The van der Waals surface area contributed by atoms with Gasteiger partial charge in [-0.25, -0.2) is 5.43 Å². The highest BCUT2D eigenvalue weighted by Crippen LogP contribution is 2.21. The van der Waals surface area contributed by atoms with Crippen molar-refractivity contribution in [2.45, 2.75) is 32.6 Å². The van der Waals surface area contributed by atoms with Crippen LogP contribution in [0.3, 0.4) is 0 Å². The summed E-state index contributed by atoms with van der Waals surface area (Å²) in [5, 5.41) is 6.60. The summed E-state index contributed by atoms with van der Waals surface area (Å²) in [5.74, 6) is 0.871. The maximum absolute atomic E-state index is 12.2. The average Bonchev–Trinajstić information content (AvgIpc) is 2.94. The molecular weight excluding hydrogens is 344 g/mol. The molecule has 2 amide bonds. The number of carbonyl (C=O) groups is 2. The Kier molecular flexibility index (Phi) is 6.25. The van der Waals surface area contributed by atoms with E-state index in [-0.39, 0.29) is 11.8 Å². The zero-order valence-electron chi connectivity index (χ0n) is 15.4. The quantitative estimate of drug-likeness (QED) is 0.626. The first-order valence-corrected chi connectivity index (χ1v) is 9.18. The monoisotopic (exact) mass is 368 g/mol. The number of hydrazone groups is 1. The Balaban J connectivity index is 1.57. The number of amides is 2. The molecule has 2 heterocycles. The van der Waals surface area contributed by atoms with Crippen molar-refractivity contribution in [3.63, 3.8) is 0 Å². The van der Waals surface area contributed by atoms with E-state index in [1.54, 1.807) is 24.3 Å². The van der Waals surface area contributed by atoms with E-state index >= 15 is 0 Å². The maximum atomic E-state index is 12.2. The van der Waals surface area contributed by atoms with Gasteiger partial charge in [0.05, 0.1) is 6.21 Å². The summed E-state index contributed by atoms with van der Waals surface area (Å²) in [5.41, 5.74) is 3.44. The molecule has 1 aromatic heterocycles. The highest BCUT2D eigenvalue weighted by Gasteiger charge is 2.13. The number of nitrogens with one attached hydrogen (secondary N) is 2. The predicted molar refractivity (Wildman–Crippen MR) is 105 cm³/mol. The Morgan fingerprint density at radius 2 is 1.89 bits per heavy atom. The molecule has 0 atom stereocenters. The highest BCUT2D eigenvalue weighted by atomic mass is 16.4. The van der Waals surface area contributed by atoms with Crippen molar-refractivity contribution in [1.82, 2.24) is 5.43 Å². The van der Waals surface area contributed by atoms with Crippen molar-refractivity contribution in [2.75, 3.05) is 23.3 Å². The lowest BCUT2D eigenvalue weighted by atomic mass is 10.2. The van der Waals surface area contributed by atoms with Gasteiger partial charge in [0.2, 0.25) is 5.91 Å². The Bertz CT molecular complexity index is 820. The first kappa shape index (κ1) is 18.7. The van der Waals surface area contributed by atoms with Crippen molar-refractivity contribution in [1.29, 1.82) is 0 Å². The predicted octanol–water partition coefficient (Wildman–Crippen LogP) is 3.38. The third-order valence-corrected chi connectivity index (χ3v) is 4.33. The number of carbonyl (C=O) groups excluding carboxylic acids is 2. The van der Waals surface area contributed by atoms with Crippen LogP contribution in [-0.2, 0) is 4.79 Å². The number of hydrogen-bond donors (Lipinski definition) is 2. The van der Waals surface area contributed by atoms with E-state index in [0.29, 0.717) is 17.0 Å². The van der Waals surface area contributed by atoms with Crippen LogP contribution in [0.2, 0.25) is 0 Å². The minimum Gasteiger partial charge on any atom is -0.440 e. The highest BCUT2D eigenvalue weighted by molar-refractivity contribution is 5.97. The SMILES string of the molecule is CC(=O)Nc1cccc(C(=O)NN=Cc2ccc(N3CCCCCC3)o2)c1. The smallest absolute Gasteiger partial charge is 0.271 e. The first-order chi connectivity index (χ1) is 13.1. The van der Waals surface area contributed by atoms with Crippen LogP contribution in [0.5, 0.6) is 0 Å². The summed E-state index contributed by atoms with van der Waals surface area (Å²) in [7, 11) is 0. The molecule has 3 rings (SSSR count). The van der Waals surface area contributed by atoms with Crippen molar-refractivity contribution in [2.24, 2.45) is 5.10 Å². The van der Waals surface area contributed by atoms with E-state index in [1.165, 1.54) is 38.8 Å². The molecule has 1 saturated heterocycles. The molecule has 7 heteroatoms. The zero-order chi connectivity index (χ0) is 19.1. The van der Waals surface area contributed by atoms with Crippen molar-refractivity contribution in [3.8, 4) is 0 Å². The molecule has 2 aromatic rings. The molecule has 0 saturated carbocycles. The van der Waals surface area contributed by atoms with E-state index in [9.17, 15) is 9.59 Å². The van der Waals surface area contributed by atoms with Crippen LogP contribution in [0.25, 0.3) is 0 Å². The summed E-state index contributed by atoms with van der Waals surface area (Å²) in [6.07, 6.45) is 6.37. The molecule has 1 fully saturated rings. The van der Waals surface area contributed by atoms with E-state index in [0.717, 1.165) is 19.0 Å². The van der Waals surface area contributed by atoms with Gasteiger partial charge in [-0.2, -0.15) is 5.10 Å². The van der Waals surface area contributed by atoms with Gasteiger partial charge in [-0.1, -0.05) is 18.9 Å². The second-order valence-corrected chi connectivity index (χ2v) is 6.54. The first-order valence-electron chi connectivity index (χ1n) is 9.18. The van der Waals surface area contributed by atoms with E-state index in [4.69, 9.17) is 4.42 Å². The molecule has 0 bridgehead atoms. The lowest BCUT2D eigenvalue weighted by Gasteiger charge is -2.18. The van der Waals surface area contributed by atoms with Crippen LogP contribution in [0, 0.1) is 0 Å². The fraction of sp³-hybridized carbons (Fsp3) is 0.350. The lowest BCUT2D eigenvalue weighted by molar-refractivity contribution is -0.114. The standard InChI is InChI=1S/C20H24N4O3/c1-15(25)22-17-8-6-7-16(13-17)20(26)23-21-14-18-9-10-19(27-18)24-11-4-2-3-5-12-24/h6-10,13-14H,2-5,11-12H2,1H3,(H,22,25)(H,23,26). The molecule has 0 unspecified atom stereocenters. The van der Waals surface area contributed by atoms with Gasteiger partial charge in [-0.15, -0.1) is 0 Å². The van der Waals surface area contributed by atoms with Crippen LogP contribution in [-0.4, -0.2) is 31.1 Å². The molecule has 0 spiro atoms. The normalized spacial score (nSPS) is 14.8. The number of anilines is 2. The molecule has 7 nitrogen and oxygen atoms in total. The summed E-state index contributed by atoms with van der Waals surface area (Å²) in [4.78, 5) is 25.5. The van der Waals surface area contributed by atoms with E-state index in [1.807, 2.05) is 12.1 Å². The van der Waals surface area contributed by atoms with Crippen molar-refractivity contribution < 1.29 is 14.0 Å². The summed E-state index contributed by atoms with van der Waals surface area (Å²) < 4.78 is 5.81. The zero-order valence-corrected chi connectivity index (χ0v) is 15.4. The number of benzene rings is 1. The second kappa shape index (κ2) is 9.02. The molecule has 0 radical (unpaired) electrons. The fourth-order valence-corrected chi connectivity index (χ4v) is 3.03. The fourth-order valence-electron chi connectivity index (χ4n) is 3.03. The van der Waals surface area contributed by atoms with Gasteiger partial charge in [-0.05, 0) is 37.1 Å². The van der Waals surface area contributed by atoms with Gasteiger partial charge in [0.15, 0.2) is 5.88 Å². The Morgan fingerprint density at radius 3 is 2.63 bits per heavy atom. The van der Waals surface area contributed by atoms with E-state index in [2.05, 4.69) is 20.7 Å². The van der Waals surface area contributed by atoms with Crippen LogP contribution in [0.1, 0.15) is 48.7 Å². The minimum atomic E-state index is -0.363. The number of rotatable bonds is 5. The molecular formula is C20H24N4O3. The molecule has 1 aliphatic heterocycles. The average molecular weight is 368 g/mol. The van der Waals surface area contributed by atoms with Crippen LogP contribution < -0.4 is 15.6 Å². The van der Waals surface area contributed by atoms with Gasteiger partial charge in [0.25, 0.3) is 5.91 Å². The van der Waals surface area contributed by atoms with Crippen molar-refractivity contribution >= 4 is 29.6 Å². The van der Waals surface area contributed by atoms with Gasteiger partial charge in [-0.3, -0.25) is 9.59 Å².